The maximum Gasteiger partial charge on any atom is 0.0396 e. The number of fused-ring (bicyclic) bond motifs is 4. The van der Waals surface area contributed by atoms with Gasteiger partial charge in [-0.15, -0.1) is 11.3 Å². The summed E-state index contributed by atoms with van der Waals surface area (Å²) in [5, 5.41) is 8.85. The first-order chi connectivity index (χ1) is 26.7. The molecule has 10 aromatic rings. The van der Waals surface area contributed by atoms with Crippen LogP contribution in [0.2, 0.25) is 0 Å². The highest BCUT2D eigenvalue weighted by molar-refractivity contribution is 7.25. The second kappa shape index (κ2) is 13.7. The molecule has 54 heavy (non-hydrogen) atoms. The molecule has 1 heterocycles. The lowest BCUT2D eigenvalue weighted by atomic mass is 9.93. The van der Waals surface area contributed by atoms with Crippen LogP contribution in [0.5, 0.6) is 0 Å². The van der Waals surface area contributed by atoms with Gasteiger partial charge < -0.3 is 5.32 Å². The van der Waals surface area contributed by atoms with Gasteiger partial charge in [-0.25, -0.2) is 0 Å². The summed E-state index contributed by atoms with van der Waals surface area (Å²) >= 11 is 1.85. The second-order valence-electron chi connectivity index (χ2n) is 13.9. The van der Waals surface area contributed by atoms with Crippen molar-refractivity contribution < 1.29 is 0 Å². The minimum absolute atomic E-state index is 1.06. The summed E-state index contributed by atoms with van der Waals surface area (Å²) in [6.07, 6.45) is 0. The molecule has 2 heteroatoms. The minimum Gasteiger partial charge on any atom is -0.355 e. The highest BCUT2D eigenvalue weighted by Crippen LogP contribution is 2.41. The smallest absolute Gasteiger partial charge is 0.0396 e. The maximum atomic E-state index is 3.82. The van der Waals surface area contributed by atoms with Gasteiger partial charge in [0, 0.05) is 31.5 Å². The molecular weight excluding hydrogens is 671 g/mol. The second-order valence-corrected chi connectivity index (χ2v) is 15.0. The third-order valence-electron chi connectivity index (χ3n) is 10.4. The van der Waals surface area contributed by atoms with E-state index in [1.54, 1.807) is 0 Å². The van der Waals surface area contributed by atoms with Gasteiger partial charge in [0.1, 0.15) is 0 Å². The Labute approximate surface area is 319 Å². The van der Waals surface area contributed by atoms with Gasteiger partial charge in [-0.2, -0.15) is 0 Å². The third kappa shape index (κ3) is 6.13. The van der Waals surface area contributed by atoms with Crippen LogP contribution in [0, 0.1) is 0 Å². The van der Waals surface area contributed by atoms with Crippen LogP contribution < -0.4 is 5.32 Å². The first kappa shape index (κ1) is 32.0. The number of anilines is 2. The number of hydrogen-bond donors (Lipinski definition) is 1. The quantitative estimate of drug-likeness (QED) is 0.174. The van der Waals surface area contributed by atoms with Crippen molar-refractivity contribution in [2.75, 3.05) is 5.32 Å². The van der Waals surface area contributed by atoms with E-state index in [2.05, 4.69) is 212 Å². The number of benzene rings is 9. The minimum atomic E-state index is 1.06. The van der Waals surface area contributed by atoms with Crippen LogP contribution in [-0.2, 0) is 0 Å². The Kier molecular flexibility index (Phi) is 8.09. The van der Waals surface area contributed by atoms with Crippen LogP contribution in [0.25, 0.3) is 86.6 Å². The summed E-state index contributed by atoms with van der Waals surface area (Å²) in [4.78, 5) is 0. The number of hydrogen-bond acceptors (Lipinski definition) is 2. The summed E-state index contributed by atoms with van der Waals surface area (Å²) in [5.41, 5.74) is 14.2. The molecular formula is C52H35NS. The van der Waals surface area contributed by atoms with E-state index in [9.17, 15) is 0 Å². The predicted molar refractivity (Wildman–Crippen MR) is 234 cm³/mol. The van der Waals surface area contributed by atoms with E-state index in [-0.39, 0.29) is 0 Å². The fourth-order valence-electron chi connectivity index (χ4n) is 7.72. The molecule has 0 bridgehead atoms. The third-order valence-corrected chi connectivity index (χ3v) is 11.5. The van der Waals surface area contributed by atoms with E-state index < -0.39 is 0 Å². The van der Waals surface area contributed by atoms with Crippen molar-refractivity contribution in [3.05, 3.63) is 206 Å². The SMILES string of the molecule is c1ccc(-c2cc(-c3ccccc3)cc(-c3ccc4sc5ccc(Nc6cc(-c7ccccc7)cc(-c7cccc8ccccc78)c6)cc5c4c3)c2)cc1. The molecule has 0 saturated heterocycles. The number of thiophene rings is 1. The van der Waals surface area contributed by atoms with Crippen molar-refractivity contribution in [2.24, 2.45) is 0 Å². The normalized spacial score (nSPS) is 11.3. The van der Waals surface area contributed by atoms with Crippen LogP contribution in [0.1, 0.15) is 0 Å². The molecule has 0 spiro atoms. The molecule has 1 nitrogen and oxygen atoms in total. The summed E-state index contributed by atoms with van der Waals surface area (Å²) in [7, 11) is 0. The highest BCUT2D eigenvalue weighted by Gasteiger charge is 2.13. The summed E-state index contributed by atoms with van der Waals surface area (Å²) in [6, 6.07) is 74.8. The van der Waals surface area contributed by atoms with E-state index in [1.807, 2.05) is 11.3 Å². The molecule has 0 fully saturated rings. The highest BCUT2D eigenvalue weighted by atomic mass is 32.1. The van der Waals surface area contributed by atoms with Crippen LogP contribution in [0.3, 0.4) is 0 Å². The average Bonchev–Trinajstić information content (AvgIpc) is 3.61. The molecule has 0 atom stereocenters. The topological polar surface area (TPSA) is 12.0 Å². The molecule has 0 aliphatic heterocycles. The molecule has 10 rings (SSSR count). The Bertz CT molecular complexity index is 2880. The lowest BCUT2D eigenvalue weighted by Gasteiger charge is -2.14. The van der Waals surface area contributed by atoms with Crippen molar-refractivity contribution in [3.63, 3.8) is 0 Å². The van der Waals surface area contributed by atoms with Crippen molar-refractivity contribution in [1.29, 1.82) is 0 Å². The Morgan fingerprint density at radius 2 is 0.778 bits per heavy atom. The monoisotopic (exact) mass is 705 g/mol. The summed E-state index contributed by atoms with van der Waals surface area (Å²) in [5.74, 6) is 0. The first-order valence-corrected chi connectivity index (χ1v) is 19.2. The predicted octanol–water partition coefficient (Wildman–Crippen LogP) is 15.3. The van der Waals surface area contributed by atoms with Gasteiger partial charge in [0.25, 0.3) is 0 Å². The van der Waals surface area contributed by atoms with E-state index in [0.717, 1.165) is 11.4 Å². The average molecular weight is 706 g/mol. The van der Waals surface area contributed by atoms with E-state index >= 15 is 0 Å². The Morgan fingerprint density at radius 1 is 0.278 bits per heavy atom. The molecule has 0 aliphatic carbocycles. The van der Waals surface area contributed by atoms with Crippen molar-refractivity contribution in [3.8, 4) is 55.6 Å². The lowest BCUT2D eigenvalue weighted by molar-refractivity contribution is 1.55. The van der Waals surface area contributed by atoms with Crippen LogP contribution in [0.4, 0.5) is 11.4 Å². The molecule has 0 radical (unpaired) electrons. The zero-order valence-electron chi connectivity index (χ0n) is 29.5. The molecule has 0 aliphatic rings. The summed E-state index contributed by atoms with van der Waals surface area (Å²) < 4.78 is 2.57. The van der Waals surface area contributed by atoms with Gasteiger partial charge in [-0.05, 0) is 133 Å². The maximum absolute atomic E-state index is 3.82. The van der Waals surface area contributed by atoms with Crippen LogP contribution in [-0.4, -0.2) is 0 Å². The lowest BCUT2D eigenvalue weighted by Crippen LogP contribution is -1.93. The van der Waals surface area contributed by atoms with Crippen molar-refractivity contribution in [1.82, 2.24) is 0 Å². The van der Waals surface area contributed by atoms with E-state index in [1.165, 1.54) is 86.6 Å². The number of nitrogens with one attached hydrogen (secondary N) is 1. The van der Waals surface area contributed by atoms with Crippen molar-refractivity contribution >= 4 is 53.7 Å². The van der Waals surface area contributed by atoms with Gasteiger partial charge in [-0.1, -0.05) is 140 Å². The molecule has 0 saturated carbocycles. The zero-order valence-corrected chi connectivity index (χ0v) is 30.4. The molecule has 9 aromatic carbocycles. The fourth-order valence-corrected chi connectivity index (χ4v) is 8.79. The standard InChI is InChI=1S/C52H35NS/c1-4-13-35(14-5-1)40-27-41(36-15-6-2-7-16-36)29-42(28-40)39-23-25-51-49(33-39)50-34-45(24-26-52(50)54-51)53-46-31-43(37-17-8-3-9-18-37)30-44(32-46)48-22-12-20-38-19-10-11-21-47(38)48/h1-34,53H. The van der Waals surface area contributed by atoms with Gasteiger partial charge in [0.2, 0.25) is 0 Å². The summed E-state index contributed by atoms with van der Waals surface area (Å²) in [6.45, 7) is 0. The van der Waals surface area contributed by atoms with Gasteiger partial charge in [-0.3, -0.25) is 0 Å². The number of rotatable bonds is 7. The fraction of sp³-hybridized carbons (Fsp3) is 0. The van der Waals surface area contributed by atoms with E-state index in [4.69, 9.17) is 0 Å². The Balaban J connectivity index is 1.07. The molecule has 1 N–H and O–H groups in total. The molecule has 0 amide bonds. The van der Waals surface area contributed by atoms with Gasteiger partial charge in [0.05, 0.1) is 0 Å². The Hall–Kier alpha value is -6.74. The van der Waals surface area contributed by atoms with Gasteiger partial charge >= 0.3 is 0 Å². The van der Waals surface area contributed by atoms with Crippen molar-refractivity contribution in [2.45, 2.75) is 0 Å². The molecule has 1 aromatic heterocycles. The van der Waals surface area contributed by atoms with E-state index in [0.29, 0.717) is 0 Å². The zero-order chi connectivity index (χ0) is 35.8. The Morgan fingerprint density at radius 3 is 1.44 bits per heavy atom. The molecule has 254 valence electrons. The van der Waals surface area contributed by atoms with Gasteiger partial charge in [0.15, 0.2) is 0 Å². The molecule has 0 unspecified atom stereocenters. The largest absolute Gasteiger partial charge is 0.355 e. The first-order valence-electron chi connectivity index (χ1n) is 18.4. The van der Waals surface area contributed by atoms with Crippen LogP contribution >= 0.6 is 11.3 Å². The van der Waals surface area contributed by atoms with Crippen LogP contribution in [0.15, 0.2) is 206 Å².